The number of likely N-dealkylation sites (N-methyl/N-ethyl adjacent to an activating group) is 1. The average molecular weight is 252 g/mol. The van der Waals surface area contributed by atoms with Crippen LogP contribution in [-0.4, -0.2) is 27.8 Å². The van der Waals surface area contributed by atoms with Crippen LogP contribution in [0.2, 0.25) is 0 Å². The van der Waals surface area contributed by atoms with Gasteiger partial charge in [-0.05, 0) is 45.7 Å². The van der Waals surface area contributed by atoms with Crippen LogP contribution >= 0.6 is 0 Å². The zero-order valence-electron chi connectivity index (χ0n) is 11.6. The van der Waals surface area contributed by atoms with Crippen LogP contribution in [0.5, 0.6) is 0 Å². The van der Waals surface area contributed by atoms with Crippen LogP contribution in [-0.2, 0) is 11.3 Å². The predicted molar refractivity (Wildman–Crippen MR) is 72.1 cm³/mol. The number of nitrogens with zero attached hydrogens (tertiary/aromatic N) is 2. The number of rotatable bonds is 8. The molecule has 0 aliphatic rings. The van der Waals surface area contributed by atoms with Crippen molar-refractivity contribution in [1.82, 2.24) is 15.1 Å². The van der Waals surface area contributed by atoms with Gasteiger partial charge in [-0.2, -0.15) is 5.10 Å². The normalized spacial score (nSPS) is 14.4. The van der Waals surface area contributed by atoms with Gasteiger partial charge in [-0.25, -0.2) is 0 Å². The van der Waals surface area contributed by atoms with E-state index >= 15 is 0 Å². The Morgan fingerprint density at radius 2 is 2.28 bits per heavy atom. The first-order valence-corrected chi connectivity index (χ1v) is 6.53. The monoisotopic (exact) mass is 252 g/mol. The van der Waals surface area contributed by atoms with E-state index < -0.39 is 5.54 Å². The highest BCUT2D eigenvalue weighted by molar-refractivity contribution is 5.84. The summed E-state index contributed by atoms with van der Waals surface area (Å²) in [6.45, 7) is 7.53. The highest BCUT2D eigenvalue weighted by Gasteiger charge is 2.28. The Morgan fingerprint density at radius 3 is 2.78 bits per heavy atom. The number of aryl methyl sites for hydroxylation is 2. The van der Waals surface area contributed by atoms with Crippen LogP contribution in [0.4, 0.5) is 0 Å². The van der Waals surface area contributed by atoms with Crippen molar-refractivity contribution < 1.29 is 4.79 Å². The Bertz CT molecular complexity index is 388. The summed E-state index contributed by atoms with van der Waals surface area (Å²) in [4.78, 5) is 11.4. The lowest BCUT2D eigenvalue weighted by Crippen LogP contribution is -2.52. The van der Waals surface area contributed by atoms with Crippen molar-refractivity contribution in [3.8, 4) is 0 Å². The second-order valence-corrected chi connectivity index (χ2v) is 4.88. The molecule has 0 saturated heterocycles. The van der Waals surface area contributed by atoms with Gasteiger partial charge in [0.15, 0.2) is 0 Å². The van der Waals surface area contributed by atoms with Gasteiger partial charge in [0.1, 0.15) is 0 Å². The number of carbonyl (C=O) groups is 1. The molecule has 18 heavy (non-hydrogen) atoms. The summed E-state index contributed by atoms with van der Waals surface area (Å²) >= 11 is 0. The molecule has 1 heterocycles. The van der Waals surface area contributed by atoms with Gasteiger partial charge in [0, 0.05) is 18.4 Å². The van der Waals surface area contributed by atoms with Crippen LogP contribution in [0.3, 0.4) is 0 Å². The molecule has 0 bridgehead atoms. The van der Waals surface area contributed by atoms with Gasteiger partial charge >= 0.3 is 0 Å². The minimum atomic E-state index is -0.589. The summed E-state index contributed by atoms with van der Waals surface area (Å²) in [7, 11) is 0. The molecule has 1 atom stereocenters. The van der Waals surface area contributed by atoms with E-state index in [0.29, 0.717) is 0 Å². The summed E-state index contributed by atoms with van der Waals surface area (Å²) < 4.78 is 1.98. The quantitative estimate of drug-likeness (QED) is 0.683. The minimum absolute atomic E-state index is 0.278. The van der Waals surface area contributed by atoms with Crippen LogP contribution in [0, 0.1) is 6.92 Å². The molecule has 0 fully saturated rings. The van der Waals surface area contributed by atoms with Gasteiger partial charge < -0.3 is 11.1 Å². The smallest absolute Gasteiger partial charge is 0.237 e. The SMILES string of the molecule is CCNC(C)(CCCCn1nccc1C)C(N)=O. The zero-order valence-corrected chi connectivity index (χ0v) is 11.6. The van der Waals surface area contributed by atoms with Gasteiger partial charge in [-0.1, -0.05) is 6.92 Å². The zero-order chi connectivity index (χ0) is 13.6. The number of unbranched alkanes of at least 4 members (excludes halogenated alkanes) is 1. The molecule has 3 N–H and O–H groups in total. The van der Waals surface area contributed by atoms with Crippen LogP contribution in [0.1, 0.15) is 38.8 Å². The maximum Gasteiger partial charge on any atom is 0.237 e. The fourth-order valence-electron chi connectivity index (χ4n) is 2.06. The lowest BCUT2D eigenvalue weighted by molar-refractivity contribution is -0.124. The van der Waals surface area contributed by atoms with E-state index in [0.717, 1.165) is 32.4 Å². The Hall–Kier alpha value is -1.36. The molecule has 1 aromatic heterocycles. The van der Waals surface area contributed by atoms with Crippen molar-refractivity contribution in [2.75, 3.05) is 6.54 Å². The Morgan fingerprint density at radius 1 is 1.56 bits per heavy atom. The number of nitrogens with one attached hydrogen (secondary N) is 1. The predicted octanol–water partition coefficient (Wildman–Crippen LogP) is 1.22. The molecule has 1 aromatic rings. The van der Waals surface area contributed by atoms with Gasteiger partial charge in [0.25, 0.3) is 0 Å². The molecule has 0 aromatic carbocycles. The van der Waals surface area contributed by atoms with Gasteiger partial charge in [0.05, 0.1) is 5.54 Å². The van der Waals surface area contributed by atoms with Crippen LogP contribution < -0.4 is 11.1 Å². The molecule has 0 aliphatic carbocycles. The van der Waals surface area contributed by atoms with E-state index in [1.54, 1.807) is 0 Å². The van der Waals surface area contributed by atoms with Gasteiger partial charge in [-0.3, -0.25) is 9.48 Å². The molecule has 1 rings (SSSR count). The van der Waals surface area contributed by atoms with Crippen molar-refractivity contribution in [3.05, 3.63) is 18.0 Å². The fraction of sp³-hybridized carbons (Fsp3) is 0.692. The third kappa shape index (κ3) is 3.84. The van der Waals surface area contributed by atoms with E-state index in [2.05, 4.69) is 10.4 Å². The number of hydrogen-bond acceptors (Lipinski definition) is 3. The van der Waals surface area contributed by atoms with E-state index in [1.165, 1.54) is 5.69 Å². The molecule has 1 amide bonds. The lowest BCUT2D eigenvalue weighted by atomic mass is 9.94. The molecule has 0 saturated carbocycles. The van der Waals surface area contributed by atoms with Crippen molar-refractivity contribution in [1.29, 1.82) is 0 Å². The summed E-state index contributed by atoms with van der Waals surface area (Å²) in [6, 6.07) is 1.99. The third-order valence-electron chi connectivity index (χ3n) is 3.34. The molecular formula is C13H24N4O. The van der Waals surface area contributed by atoms with Crippen LogP contribution in [0.15, 0.2) is 12.3 Å². The number of primary amides is 1. The number of amides is 1. The molecule has 5 heteroatoms. The van der Waals surface area contributed by atoms with Gasteiger partial charge in [0.2, 0.25) is 5.91 Å². The number of hydrogen-bond donors (Lipinski definition) is 2. The van der Waals surface area contributed by atoms with Crippen molar-refractivity contribution >= 4 is 5.91 Å². The van der Waals surface area contributed by atoms with Crippen molar-refractivity contribution in [2.45, 2.75) is 52.1 Å². The van der Waals surface area contributed by atoms with E-state index in [4.69, 9.17) is 5.73 Å². The Kier molecular flexibility index (Phi) is 5.34. The molecular weight excluding hydrogens is 228 g/mol. The summed E-state index contributed by atoms with van der Waals surface area (Å²) in [6.07, 6.45) is 4.51. The second-order valence-electron chi connectivity index (χ2n) is 4.88. The van der Waals surface area contributed by atoms with Crippen molar-refractivity contribution in [3.63, 3.8) is 0 Å². The molecule has 0 aliphatic heterocycles. The second kappa shape index (κ2) is 6.54. The number of nitrogens with two attached hydrogens (primary N) is 1. The fourth-order valence-corrected chi connectivity index (χ4v) is 2.06. The summed E-state index contributed by atoms with van der Waals surface area (Å²) in [5.74, 6) is -0.278. The maximum atomic E-state index is 11.4. The Labute approximate surface area is 109 Å². The summed E-state index contributed by atoms with van der Waals surface area (Å²) in [5.41, 5.74) is 6.02. The average Bonchev–Trinajstić information content (AvgIpc) is 2.71. The topological polar surface area (TPSA) is 72.9 Å². The number of aromatic nitrogens is 2. The first-order chi connectivity index (χ1) is 8.49. The highest BCUT2D eigenvalue weighted by atomic mass is 16.1. The highest BCUT2D eigenvalue weighted by Crippen LogP contribution is 2.14. The molecule has 102 valence electrons. The first-order valence-electron chi connectivity index (χ1n) is 6.53. The molecule has 5 nitrogen and oxygen atoms in total. The van der Waals surface area contributed by atoms with Gasteiger partial charge in [-0.15, -0.1) is 0 Å². The lowest BCUT2D eigenvalue weighted by Gasteiger charge is -2.26. The van der Waals surface area contributed by atoms with E-state index in [9.17, 15) is 4.79 Å². The first kappa shape index (κ1) is 14.7. The standard InChI is InChI=1S/C13H24N4O/c1-4-15-13(3,12(14)18)8-5-6-10-17-11(2)7-9-16-17/h7,9,15H,4-6,8,10H2,1-3H3,(H2,14,18). The molecule has 1 unspecified atom stereocenters. The van der Waals surface area contributed by atoms with Crippen LogP contribution in [0.25, 0.3) is 0 Å². The minimum Gasteiger partial charge on any atom is -0.368 e. The van der Waals surface area contributed by atoms with Crippen molar-refractivity contribution in [2.24, 2.45) is 5.73 Å². The number of carbonyl (C=O) groups excluding carboxylic acids is 1. The molecule has 0 spiro atoms. The Balaban J connectivity index is 2.36. The summed E-state index contributed by atoms with van der Waals surface area (Å²) in [5, 5.41) is 7.40. The maximum absolute atomic E-state index is 11.4. The van der Waals surface area contributed by atoms with E-state index in [1.807, 2.05) is 37.7 Å². The third-order valence-corrected chi connectivity index (χ3v) is 3.34. The van der Waals surface area contributed by atoms with E-state index in [-0.39, 0.29) is 5.91 Å². The largest absolute Gasteiger partial charge is 0.368 e. The molecule has 0 radical (unpaired) electrons.